The Morgan fingerprint density at radius 2 is 2.00 bits per heavy atom. The molecule has 0 radical (unpaired) electrons. The van der Waals surface area contributed by atoms with Crippen LogP contribution < -0.4 is 4.74 Å². The number of sulfonamides is 1. The minimum Gasteiger partial charge on any atom is -0.497 e. The first-order valence-electron chi connectivity index (χ1n) is 11.1. The lowest BCUT2D eigenvalue weighted by atomic mass is 10.1. The van der Waals surface area contributed by atoms with Gasteiger partial charge in [0.05, 0.1) is 24.7 Å². The molecular formula is C24H29FN2O5S. The molecule has 0 bridgehead atoms. The van der Waals surface area contributed by atoms with Crippen LogP contribution in [0.25, 0.3) is 0 Å². The molecule has 7 nitrogen and oxygen atoms in total. The van der Waals surface area contributed by atoms with Crippen LogP contribution in [-0.2, 0) is 14.8 Å². The summed E-state index contributed by atoms with van der Waals surface area (Å²) in [5.41, 5.74) is 0.908. The van der Waals surface area contributed by atoms with Crippen molar-refractivity contribution >= 4 is 15.9 Å². The Morgan fingerprint density at radius 3 is 2.70 bits per heavy atom. The number of benzene rings is 2. The predicted octanol–water partition coefficient (Wildman–Crippen LogP) is 3.08. The number of methoxy groups -OCH3 is 1. The van der Waals surface area contributed by atoms with E-state index in [0.29, 0.717) is 29.3 Å². The number of nitrogens with zero attached hydrogens (tertiary/aromatic N) is 2. The molecule has 2 aromatic carbocycles. The van der Waals surface area contributed by atoms with Crippen molar-refractivity contribution in [1.82, 2.24) is 9.21 Å². The highest BCUT2D eigenvalue weighted by Gasteiger charge is 2.34. The minimum atomic E-state index is -3.87. The Morgan fingerprint density at radius 1 is 1.21 bits per heavy atom. The van der Waals surface area contributed by atoms with Gasteiger partial charge in [-0.15, -0.1) is 0 Å². The first kappa shape index (κ1) is 23.7. The van der Waals surface area contributed by atoms with Crippen molar-refractivity contribution in [2.45, 2.75) is 30.8 Å². The van der Waals surface area contributed by atoms with Gasteiger partial charge >= 0.3 is 0 Å². The van der Waals surface area contributed by atoms with Crippen LogP contribution >= 0.6 is 0 Å². The monoisotopic (exact) mass is 476 g/mol. The van der Waals surface area contributed by atoms with Crippen molar-refractivity contribution in [3.05, 3.63) is 59.4 Å². The highest BCUT2D eigenvalue weighted by molar-refractivity contribution is 7.89. The third-order valence-corrected chi connectivity index (χ3v) is 7.95. The highest BCUT2D eigenvalue weighted by atomic mass is 32.2. The second-order valence-electron chi connectivity index (χ2n) is 8.65. The first-order chi connectivity index (χ1) is 15.8. The van der Waals surface area contributed by atoms with Gasteiger partial charge in [-0.05, 0) is 61.6 Å². The van der Waals surface area contributed by atoms with Gasteiger partial charge < -0.3 is 14.4 Å². The lowest BCUT2D eigenvalue weighted by Gasteiger charge is -2.35. The molecule has 178 valence electrons. The standard InChI is InChI=1S/C24H29FN2O5S/c1-17-6-9-22(13-23(17)25)33(29,30)27-10-11-32-21(16-27)15-26(14-18-7-8-18)24(28)19-4-3-5-20(12-19)31-2/h3-6,9,12-13,18,21H,7-8,10-11,14-16H2,1-2H3. The SMILES string of the molecule is COc1cccc(C(=O)N(CC2CC2)CC2CN(S(=O)(=O)c3ccc(C)c(F)c3)CCO2)c1. The van der Waals surface area contributed by atoms with E-state index >= 15 is 0 Å². The highest BCUT2D eigenvalue weighted by Crippen LogP contribution is 2.31. The van der Waals surface area contributed by atoms with Crippen LogP contribution in [0.4, 0.5) is 4.39 Å². The molecule has 1 aliphatic heterocycles. The molecule has 33 heavy (non-hydrogen) atoms. The van der Waals surface area contributed by atoms with E-state index in [1.165, 1.54) is 16.4 Å². The summed E-state index contributed by atoms with van der Waals surface area (Å²) in [6.45, 7) is 2.96. The number of aryl methyl sites for hydroxylation is 1. The summed E-state index contributed by atoms with van der Waals surface area (Å²) in [7, 11) is -2.32. The van der Waals surface area contributed by atoms with Gasteiger partial charge in [-0.3, -0.25) is 4.79 Å². The zero-order valence-corrected chi connectivity index (χ0v) is 19.7. The maximum Gasteiger partial charge on any atom is 0.254 e. The fourth-order valence-corrected chi connectivity index (χ4v) is 5.41. The third-order valence-electron chi connectivity index (χ3n) is 6.09. The molecule has 9 heteroatoms. The van der Waals surface area contributed by atoms with Gasteiger partial charge in [-0.1, -0.05) is 12.1 Å². The molecular weight excluding hydrogens is 447 g/mol. The zero-order chi connectivity index (χ0) is 23.6. The maximum atomic E-state index is 14.0. The number of rotatable bonds is 8. The smallest absolute Gasteiger partial charge is 0.254 e. The molecule has 2 aliphatic rings. The van der Waals surface area contributed by atoms with Crippen LogP contribution in [0.3, 0.4) is 0 Å². The number of morpholine rings is 1. The molecule has 1 aliphatic carbocycles. The second-order valence-corrected chi connectivity index (χ2v) is 10.6. The zero-order valence-electron chi connectivity index (χ0n) is 18.9. The van der Waals surface area contributed by atoms with Gasteiger partial charge in [-0.25, -0.2) is 12.8 Å². The number of ether oxygens (including phenoxy) is 2. The molecule has 2 fully saturated rings. The number of amides is 1. The number of carbonyl (C=O) groups excluding carboxylic acids is 1. The van der Waals surface area contributed by atoms with Gasteiger partial charge in [0.1, 0.15) is 11.6 Å². The number of hydrogen-bond donors (Lipinski definition) is 0. The van der Waals surface area contributed by atoms with Crippen molar-refractivity contribution in [2.24, 2.45) is 5.92 Å². The number of carbonyl (C=O) groups is 1. The Kier molecular flexibility index (Phi) is 7.02. The molecule has 0 N–H and O–H groups in total. The fourth-order valence-electron chi connectivity index (χ4n) is 3.94. The van der Waals surface area contributed by atoms with Gasteiger partial charge in [0, 0.05) is 31.7 Å². The average molecular weight is 477 g/mol. The summed E-state index contributed by atoms with van der Waals surface area (Å²) in [5.74, 6) is 0.368. The van der Waals surface area contributed by atoms with Gasteiger partial charge in [-0.2, -0.15) is 4.31 Å². The van der Waals surface area contributed by atoms with Crippen molar-refractivity contribution in [1.29, 1.82) is 0 Å². The molecule has 2 aromatic rings. The van der Waals surface area contributed by atoms with E-state index in [-0.39, 0.29) is 37.0 Å². The topological polar surface area (TPSA) is 76.2 Å². The van der Waals surface area contributed by atoms with Gasteiger partial charge in [0.2, 0.25) is 10.0 Å². The third kappa shape index (κ3) is 5.54. The normalized spacial score (nSPS) is 19.3. The largest absolute Gasteiger partial charge is 0.497 e. The summed E-state index contributed by atoms with van der Waals surface area (Å²) >= 11 is 0. The summed E-state index contributed by atoms with van der Waals surface area (Å²) in [6.07, 6.45) is 1.68. The number of hydrogen-bond acceptors (Lipinski definition) is 5. The Hall–Kier alpha value is -2.49. The molecule has 4 rings (SSSR count). The van der Waals surface area contributed by atoms with Crippen LogP contribution in [-0.4, -0.2) is 69.5 Å². The van der Waals surface area contributed by atoms with E-state index in [4.69, 9.17) is 9.47 Å². The molecule has 1 atom stereocenters. The van der Waals surface area contributed by atoms with Crippen molar-refractivity contribution in [2.75, 3.05) is 39.9 Å². The van der Waals surface area contributed by atoms with Gasteiger partial charge in [0.25, 0.3) is 5.91 Å². The van der Waals surface area contributed by atoms with Crippen LogP contribution in [0, 0.1) is 18.7 Å². The quantitative estimate of drug-likeness (QED) is 0.585. The molecule has 0 spiro atoms. The molecule has 1 heterocycles. The minimum absolute atomic E-state index is 0.0754. The van der Waals surface area contributed by atoms with Crippen LogP contribution in [0.1, 0.15) is 28.8 Å². The molecule has 1 amide bonds. The summed E-state index contributed by atoms with van der Waals surface area (Å²) < 4.78 is 52.6. The molecule has 1 saturated carbocycles. The van der Waals surface area contributed by atoms with Crippen LogP contribution in [0.5, 0.6) is 5.75 Å². The van der Waals surface area contributed by atoms with Crippen molar-refractivity contribution in [3.63, 3.8) is 0 Å². The van der Waals surface area contributed by atoms with E-state index in [2.05, 4.69) is 0 Å². The Labute approximate surface area is 194 Å². The lowest BCUT2D eigenvalue weighted by Crippen LogP contribution is -2.50. The predicted molar refractivity (Wildman–Crippen MR) is 121 cm³/mol. The second kappa shape index (κ2) is 9.79. The Balaban J connectivity index is 1.49. The summed E-state index contributed by atoms with van der Waals surface area (Å²) in [4.78, 5) is 14.9. The van der Waals surface area contributed by atoms with E-state index in [0.717, 1.165) is 18.9 Å². The van der Waals surface area contributed by atoms with E-state index in [9.17, 15) is 17.6 Å². The molecule has 1 unspecified atom stereocenters. The molecule has 0 aromatic heterocycles. The van der Waals surface area contributed by atoms with Crippen molar-refractivity contribution in [3.8, 4) is 5.75 Å². The van der Waals surface area contributed by atoms with Gasteiger partial charge in [0.15, 0.2) is 0 Å². The number of halogens is 1. The fraction of sp³-hybridized carbons (Fsp3) is 0.458. The summed E-state index contributed by atoms with van der Waals surface area (Å²) in [5, 5.41) is 0. The molecule has 1 saturated heterocycles. The maximum absolute atomic E-state index is 14.0. The van der Waals surface area contributed by atoms with E-state index < -0.39 is 21.9 Å². The van der Waals surface area contributed by atoms with Crippen molar-refractivity contribution < 1.29 is 27.1 Å². The van der Waals surface area contributed by atoms with Crippen LogP contribution in [0.2, 0.25) is 0 Å². The van der Waals surface area contributed by atoms with E-state index in [1.807, 2.05) is 0 Å². The van der Waals surface area contributed by atoms with Crippen LogP contribution in [0.15, 0.2) is 47.4 Å². The first-order valence-corrected chi connectivity index (χ1v) is 12.5. The van der Waals surface area contributed by atoms with E-state index in [1.54, 1.807) is 43.2 Å². The lowest BCUT2D eigenvalue weighted by molar-refractivity contribution is -0.0179. The average Bonchev–Trinajstić information content (AvgIpc) is 3.64. The summed E-state index contributed by atoms with van der Waals surface area (Å²) in [6, 6.07) is 10.9. The Bertz CT molecular complexity index is 1120.